The third kappa shape index (κ3) is 21.6. The fraction of sp³-hybridized carbons (Fsp3) is 0.885. The van der Waals surface area contributed by atoms with Crippen molar-refractivity contribution in [2.75, 3.05) is 19.6 Å². The van der Waals surface area contributed by atoms with E-state index in [9.17, 15) is 14.4 Å². The van der Waals surface area contributed by atoms with E-state index in [1.165, 1.54) is 103 Å². The predicted molar refractivity (Wildman–Crippen MR) is 133 cm³/mol. The van der Waals surface area contributed by atoms with Crippen LogP contribution in [0.25, 0.3) is 0 Å². The van der Waals surface area contributed by atoms with Gasteiger partial charge in [0.25, 0.3) is 0 Å². The Labute approximate surface area is 197 Å². The van der Waals surface area contributed by atoms with Gasteiger partial charge in [0.15, 0.2) is 0 Å². The Kier molecular flexibility index (Phi) is 21.5. The smallest absolute Gasteiger partial charge is 0.239 e. The van der Waals surface area contributed by atoms with Gasteiger partial charge in [0, 0.05) is 13.5 Å². The summed E-state index contributed by atoms with van der Waals surface area (Å²) >= 11 is 0. The maximum Gasteiger partial charge on any atom is 0.239 e. The summed E-state index contributed by atoms with van der Waals surface area (Å²) in [5, 5.41) is 7.97. The maximum atomic E-state index is 12.1. The van der Waals surface area contributed by atoms with Crippen LogP contribution in [0.1, 0.15) is 124 Å². The quantitative estimate of drug-likeness (QED) is 0.196. The molecule has 0 aromatic rings. The highest BCUT2D eigenvalue weighted by atomic mass is 16.2. The number of amides is 3. The lowest BCUT2D eigenvalue weighted by molar-refractivity contribution is -0.127. The molecule has 188 valence electrons. The molecule has 0 radical (unpaired) electrons. The van der Waals surface area contributed by atoms with Crippen molar-refractivity contribution in [1.82, 2.24) is 16.0 Å². The molecule has 32 heavy (non-hydrogen) atoms. The highest BCUT2D eigenvalue weighted by Crippen LogP contribution is 2.19. The minimum atomic E-state index is -0.349. The summed E-state index contributed by atoms with van der Waals surface area (Å²) in [6.45, 7) is 6.40. The molecule has 3 amide bonds. The monoisotopic (exact) mass is 453 g/mol. The zero-order valence-corrected chi connectivity index (χ0v) is 21.2. The van der Waals surface area contributed by atoms with E-state index in [4.69, 9.17) is 0 Å². The second-order valence-corrected chi connectivity index (χ2v) is 9.18. The lowest BCUT2D eigenvalue weighted by atomic mass is 9.94. The number of carbonyl (C=O) groups is 3. The molecule has 6 heteroatoms. The Morgan fingerprint density at radius 2 is 0.969 bits per heavy atom. The van der Waals surface area contributed by atoms with Gasteiger partial charge in [-0.15, -0.1) is 0 Å². The summed E-state index contributed by atoms with van der Waals surface area (Å²) in [5.74, 6) is -0.258. The zero-order valence-electron chi connectivity index (χ0n) is 21.2. The number of hydrogen-bond donors (Lipinski definition) is 3. The van der Waals surface area contributed by atoms with Crippen molar-refractivity contribution in [3.8, 4) is 0 Å². The zero-order chi connectivity index (χ0) is 23.9. The summed E-state index contributed by atoms with van der Waals surface area (Å²) in [4.78, 5) is 34.6. The van der Waals surface area contributed by atoms with Crippen LogP contribution in [0, 0.1) is 5.92 Å². The molecule has 0 heterocycles. The normalized spacial score (nSPS) is 11.7. The van der Waals surface area contributed by atoms with Gasteiger partial charge < -0.3 is 16.0 Å². The maximum absolute atomic E-state index is 12.1. The third-order valence-corrected chi connectivity index (χ3v) is 5.96. The number of unbranched alkanes of at least 4 members (excludes halogenated alkanes) is 12. The van der Waals surface area contributed by atoms with Gasteiger partial charge in [-0.1, -0.05) is 104 Å². The minimum absolute atomic E-state index is 0.0418. The molecule has 3 N–H and O–H groups in total. The number of rotatable bonds is 22. The molecule has 0 saturated heterocycles. The van der Waals surface area contributed by atoms with Crippen LogP contribution in [0.4, 0.5) is 0 Å². The van der Waals surface area contributed by atoms with E-state index in [2.05, 4.69) is 29.8 Å². The molecule has 0 saturated carbocycles. The highest BCUT2D eigenvalue weighted by Gasteiger charge is 2.12. The van der Waals surface area contributed by atoms with Crippen molar-refractivity contribution in [3.05, 3.63) is 0 Å². The van der Waals surface area contributed by atoms with Gasteiger partial charge in [-0.2, -0.15) is 0 Å². The van der Waals surface area contributed by atoms with E-state index < -0.39 is 0 Å². The summed E-state index contributed by atoms with van der Waals surface area (Å²) in [7, 11) is 0. The molecule has 0 aliphatic carbocycles. The van der Waals surface area contributed by atoms with E-state index in [1.807, 2.05) is 0 Å². The second-order valence-electron chi connectivity index (χ2n) is 9.18. The van der Waals surface area contributed by atoms with Gasteiger partial charge in [0.2, 0.25) is 17.7 Å². The van der Waals surface area contributed by atoms with Crippen LogP contribution in [-0.2, 0) is 14.4 Å². The van der Waals surface area contributed by atoms with Gasteiger partial charge in [-0.25, -0.2) is 0 Å². The molecule has 6 nitrogen and oxygen atoms in total. The Bertz CT molecular complexity index is 483. The van der Waals surface area contributed by atoms with Crippen LogP contribution in [-0.4, -0.2) is 37.4 Å². The fourth-order valence-electron chi connectivity index (χ4n) is 3.90. The van der Waals surface area contributed by atoms with Crippen molar-refractivity contribution in [1.29, 1.82) is 0 Å². The molecular formula is C26H51N3O3. The molecular weight excluding hydrogens is 402 g/mol. The van der Waals surface area contributed by atoms with E-state index in [-0.39, 0.29) is 30.8 Å². The molecule has 0 aliphatic heterocycles. The first-order valence-electron chi connectivity index (χ1n) is 13.3. The molecule has 0 bridgehead atoms. The summed E-state index contributed by atoms with van der Waals surface area (Å²) in [6, 6.07) is 0. The van der Waals surface area contributed by atoms with Crippen LogP contribution in [0.2, 0.25) is 0 Å². The minimum Gasteiger partial charge on any atom is -0.354 e. The molecule has 0 rings (SSSR count). The van der Waals surface area contributed by atoms with Gasteiger partial charge in [-0.05, 0) is 18.8 Å². The van der Waals surface area contributed by atoms with E-state index in [0.717, 1.165) is 6.42 Å². The first-order chi connectivity index (χ1) is 15.5. The molecule has 0 aromatic heterocycles. The largest absolute Gasteiger partial charge is 0.354 e. The Morgan fingerprint density at radius 1 is 0.562 bits per heavy atom. The van der Waals surface area contributed by atoms with Crippen molar-refractivity contribution in [2.45, 2.75) is 124 Å². The average Bonchev–Trinajstić information content (AvgIpc) is 2.77. The Morgan fingerprint density at radius 3 is 1.44 bits per heavy atom. The summed E-state index contributed by atoms with van der Waals surface area (Å²) in [5.41, 5.74) is 0. The van der Waals surface area contributed by atoms with Crippen molar-refractivity contribution >= 4 is 17.7 Å². The van der Waals surface area contributed by atoms with Crippen LogP contribution < -0.4 is 16.0 Å². The highest BCUT2D eigenvalue weighted by molar-refractivity contribution is 5.87. The SMILES string of the molecule is CCCCCCCCCCC(CCCCCCCC)CNC(=O)CNC(=O)CNC(C)=O. The Balaban J connectivity index is 4.14. The van der Waals surface area contributed by atoms with Gasteiger partial charge in [0.1, 0.15) is 0 Å². The van der Waals surface area contributed by atoms with Crippen molar-refractivity contribution < 1.29 is 14.4 Å². The van der Waals surface area contributed by atoms with Gasteiger partial charge >= 0.3 is 0 Å². The second kappa shape index (κ2) is 22.6. The summed E-state index contributed by atoms with van der Waals surface area (Å²) in [6.07, 6.45) is 20.6. The molecule has 0 aromatic carbocycles. The third-order valence-electron chi connectivity index (χ3n) is 5.96. The van der Waals surface area contributed by atoms with Crippen LogP contribution in [0.3, 0.4) is 0 Å². The number of nitrogens with one attached hydrogen (secondary N) is 3. The van der Waals surface area contributed by atoms with E-state index in [1.54, 1.807) is 0 Å². The van der Waals surface area contributed by atoms with Crippen molar-refractivity contribution in [3.63, 3.8) is 0 Å². The van der Waals surface area contributed by atoms with Gasteiger partial charge in [0.05, 0.1) is 13.1 Å². The predicted octanol–water partition coefficient (Wildman–Crippen LogP) is 5.25. The first kappa shape index (κ1) is 30.4. The fourth-order valence-corrected chi connectivity index (χ4v) is 3.90. The molecule has 1 atom stereocenters. The lowest BCUT2D eigenvalue weighted by Gasteiger charge is -2.18. The number of carbonyl (C=O) groups excluding carboxylic acids is 3. The van der Waals surface area contributed by atoms with E-state index >= 15 is 0 Å². The van der Waals surface area contributed by atoms with E-state index in [0.29, 0.717) is 12.5 Å². The lowest BCUT2D eigenvalue weighted by Crippen LogP contribution is -2.42. The standard InChI is InChI=1S/C26H51N3O3/c1-4-6-8-10-12-13-15-17-19-24(18-16-14-11-9-7-5-2)20-28-26(32)22-29-25(31)21-27-23(3)30/h24H,4-22H2,1-3H3,(H,27,30)(H,28,32)(H,29,31). The van der Waals surface area contributed by atoms with Crippen molar-refractivity contribution in [2.24, 2.45) is 5.92 Å². The van der Waals surface area contributed by atoms with Crippen LogP contribution >= 0.6 is 0 Å². The van der Waals surface area contributed by atoms with Crippen LogP contribution in [0.5, 0.6) is 0 Å². The number of hydrogen-bond acceptors (Lipinski definition) is 3. The molecule has 1 unspecified atom stereocenters. The first-order valence-corrected chi connectivity index (χ1v) is 13.3. The Hall–Kier alpha value is -1.59. The molecule has 0 aliphatic rings. The van der Waals surface area contributed by atoms with Crippen LogP contribution in [0.15, 0.2) is 0 Å². The van der Waals surface area contributed by atoms with Gasteiger partial charge in [-0.3, -0.25) is 14.4 Å². The average molecular weight is 454 g/mol. The molecule has 0 spiro atoms. The topological polar surface area (TPSA) is 87.3 Å². The summed E-state index contributed by atoms with van der Waals surface area (Å²) < 4.78 is 0. The molecule has 0 fully saturated rings.